The lowest BCUT2D eigenvalue weighted by atomic mass is 10.3. The lowest BCUT2D eigenvalue weighted by Crippen LogP contribution is -2.22. The monoisotopic (exact) mass is 370 g/mol. The van der Waals surface area contributed by atoms with Crippen LogP contribution in [0.15, 0.2) is 28.6 Å². The SMILES string of the molecule is CCCCNc1nnc(SC(C)C(=O)Nc2ccc(Cl)cc2)s1. The van der Waals surface area contributed by atoms with Crippen LogP contribution in [0, 0.1) is 0 Å². The van der Waals surface area contributed by atoms with E-state index < -0.39 is 0 Å². The number of aromatic nitrogens is 2. The summed E-state index contributed by atoms with van der Waals surface area (Å²) in [5.41, 5.74) is 0.728. The van der Waals surface area contributed by atoms with Gasteiger partial charge in [-0.15, -0.1) is 10.2 Å². The molecule has 2 rings (SSSR count). The predicted molar refractivity (Wildman–Crippen MR) is 98.7 cm³/mol. The molecule has 1 heterocycles. The molecule has 1 atom stereocenters. The fourth-order valence-corrected chi connectivity index (χ4v) is 3.73. The first-order chi connectivity index (χ1) is 11.1. The van der Waals surface area contributed by atoms with E-state index in [1.807, 2.05) is 6.92 Å². The number of carbonyl (C=O) groups is 1. The maximum Gasteiger partial charge on any atom is 0.237 e. The van der Waals surface area contributed by atoms with Gasteiger partial charge in [-0.1, -0.05) is 48.0 Å². The first kappa shape index (κ1) is 18.0. The normalized spacial score (nSPS) is 12.0. The highest BCUT2D eigenvalue weighted by molar-refractivity contribution is 8.02. The fraction of sp³-hybridized carbons (Fsp3) is 0.400. The van der Waals surface area contributed by atoms with Crippen LogP contribution in [0.25, 0.3) is 0 Å². The standard InChI is InChI=1S/C15H19ClN4OS2/c1-3-4-9-17-14-19-20-15(23-14)22-10(2)13(21)18-12-7-5-11(16)6-8-12/h5-8,10H,3-4,9H2,1-2H3,(H,17,19)(H,18,21). The Labute approximate surface area is 149 Å². The van der Waals surface area contributed by atoms with Crippen molar-refractivity contribution in [2.24, 2.45) is 0 Å². The van der Waals surface area contributed by atoms with Gasteiger partial charge in [-0.2, -0.15) is 0 Å². The number of thioether (sulfide) groups is 1. The molecule has 0 aliphatic rings. The van der Waals surface area contributed by atoms with E-state index in [4.69, 9.17) is 11.6 Å². The molecule has 23 heavy (non-hydrogen) atoms. The van der Waals surface area contributed by atoms with Crippen LogP contribution in [0.3, 0.4) is 0 Å². The molecule has 0 spiro atoms. The Balaban J connectivity index is 1.84. The molecular weight excluding hydrogens is 352 g/mol. The van der Waals surface area contributed by atoms with Gasteiger partial charge >= 0.3 is 0 Å². The van der Waals surface area contributed by atoms with Crippen molar-refractivity contribution in [3.05, 3.63) is 29.3 Å². The highest BCUT2D eigenvalue weighted by Gasteiger charge is 2.17. The Morgan fingerprint density at radius 2 is 2.09 bits per heavy atom. The number of nitrogens with one attached hydrogen (secondary N) is 2. The van der Waals surface area contributed by atoms with Crippen LogP contribution in [0.5, 0.6) is 0 Å². The molecule has 1 aromatic carbocycles. The molecular formula is C15H19ClN4OS2. The van der Waals surface area contributed by atoms with Crippen molar-refractivity contribution in [3.63, 3.8) is 0 Å². The molecule has 124 valence electrons. The summed E-state index contributed by atoms with van der Waals surface area (Å²) in [7, 11) is 0. The van der Waals surface area contributed by atoms with Gasteiger partial charge in [-0.05, 0) is 37.6 Å². The Bertz CT molecular complexity index is 633. The quantitative estimate of drug-likeness (QED) is 0.528. The van der Waals surface area contributed by atoms with Gasteiger partial charge in [0.05, 0.1) is 5.25 Å². The zero-order valence-corrected chi connectivity index (χ0v) is 15.4. The largest absolute Gasteiger partial charge is 0.360 e. The number of hydrogen-bond donors (Lipinski definition) is 2. The summed E-state index contributed by atoms with van der Waals surface area (Å²) in [4.78, 5) is 12.2. The molecule has 0 radical (unpaired) electrons. The molecule has 1 amide bonds. The summed E-state index contributed by atoms with van der Waals surface area (Å²) in [5.74, 6) is -0.0759. The van der Waals surface area contributed by atoms with Gasteiger partial charge in [0.25, 0.3) is 0 Å². The van der Waals surface area contributed by atoms with Gasteiger partial charge in [0.1, 0.15) is 0 Å². The van der Waals surface area contributed by atoms with E-state index in [1.54, 1.807) is 24.3 Å². The number of benzene rings is 1. The third-order valence-electron chi connectivity index (χ3n) is 2.97. The predicted octanol–water partition coefficient (Wildman–Crippen LogP) is 4.52. The van der Waals surface area contributed by atoms with E-state index in [2.05, 4.69) is 27.8 Å². The van der Waals surface area contributed by atoms with Gasteiger partial charge < -0.3 is 10.6 Å². The van der Waals surface area contributed by atoms with Crippen molar-refractivity contribution in [1.29, 1.82) is 0 Å². The van der Waals surface area contributed by atoms with E-state index in [0.29, 0.717) is 5.02 Å². The lowest BCUT2D eigenvalue weighted by Gasteiger charge is -2.10. The highest BCUT2D eigenvalue weighted by atomic mass is 35.5. The van der Waals surface area contributed by atoms with Crippen molar-refractivity contribution in [1.82, 2.24) is 10.2 Å². The van der Waals surface area contributed by atoms with Crippen LogP contribution in [0.1, 0.15) is 26.7 Å². The fourth-order valence-electron chi connectivity index (χ4n) is 1.68. The summed E-state index contributed by atoms with van der Waals surface area (Å²) in [6.45, 7) is 4.88. The van der Waals surface area contributed by atoms with Gasteiger partial charge in [-0.25, -0.2) is 0 Å². The van der Waals surface area contributed by atoms with Crippen LogP contribution in [0.4, 0.5) is 10.8 Å². The van der Waals surface area contributed by atoms with E-state index in [9.17, 15) is 4.79 Å². The van der Waals surface area contributed by atoms with Crippen LogP contribution < -0.4 is 10.6 Å². The molecule has 0 saturated heterocycles. The Morgan fingerprint density at radius 1 is 1.35 bits per heavy atom. The second-order valence-corrected chi connectivity index (χ2v) is 7.91. The first-order valence-electron chi connectivity index (χ1n) is 7.39. The van der Waals surface area contributed by atoms with E-state index >= 15 is 0 Å². The van der Waals surface area contributed by atoms with E-state index in [0.717, 1.165) is 34.5 Å². The third-order valence-corrected chi connectivity index (χ3v) is 5.29. The van der Waals surface area contributed by atoms with Crippen molar-refractivity contribution in [3.8, 4) is 0 Å². The molecule has 8 heteroatoms. The molecule has 0 bridgehead atoms. The molecule has 1 unspecified atom stereocenters. The molecule has 5 nitrogen and oxygen atoms in total. The molecule has 2 N–H and O–H groups in total. The Morgan fingerprint density at radius 3 is 2.78 bits per heavy atom. The number of carbonyl (C=O) groups excluding carboxylic acids is 1. The third kappa shape index (κ3) is 6.01. The van der Waals surface area contributed by atoms with Gasteiger partial charge in [0.15, 0.2) is 4.34 Å². The number of unbranched alkanes of at least 4 members (excludes halogenated alkanes) is 1. The number of amides is 1. The number of nitrogens with zero attached hydrogens (tertiary/aromatic N) is 2. The molecule has 0 saturated carbocycles. The summed E-state index contributed by atoms with van der Waals surface area (Å²) in [5, 5.41) is 15.5. The second kappa shape index (κ2) is 9.10. The van der Waals surface area contributed by atoms with Crippen LogP contribution >= 0.6 is 34.7 Å². The Hall–Kier alpha value is -1.31. The van der Waals surface area contributed by atoms with Gasteiger partial charge in [-0.3, -0.25) is 4.79 Å². The van der Waals surface area contributed by atoms with Gasteiger partial charge in [0, 0.05) is 17.3 Å². The maximum atomic E-state index is 12.2. The summed E-state index contributed by atoms with van der Waals surface area (Å²) in [6, 6.07) is 7.04. The molecule has 2 aromatic rings. The number of halogens is 1. The average molecular weight is 371 g/mol. The first-order valence-corrected chi connectivity index (χ1v) is 9.46. The van der Waals surface area contributed by atoms with Crippen molar-refractivity contribution in [2.75, 3.05) is 17.2 Å². The molecule has 0 fully saturated rings. The number of hydrogen-bond acceptors (Lipinski definition) is 6. The minimum Gasteiger partial charge on any atom is -0.360 e. The average Bonchev–Trinajstić information content (AvgIpc) is 2.97. The van der Waals surface area contributed by atoms with Crippen LogP contribution in [0.2, 0.25) is 5.02 Å². The highest BCUT2D eigenvalue weighted by Crippen LogP contribution is 2.29. The number of rotatable bonds is 8. The number of anilines is 2. The second-order valence-electron chi connectivity index (χ2n) is 4.91. The van der Waals surface area contributed by atoms with Gasteiger partial charge in [0.2, 0.25) is 11.0 Å². The van der Waals surface area contributed by atoms with Crippen molar-refractivity contribution in [2.45, 2.75) is 36.3 Å². The summed E-state index contributed by atoms with van der Waals surface area (Å²) < 4.78 is 0.780. The van der Waals surface area contributed by atoms with Crippen LogP contribution in [-0.2, 0) is 4.79 Å². The van der Waals surface area contributed by atoms with Crippen molar-refractivity contribution < 1.29 is 4.79 Å². The Kier molecular flexibility index (Phi) is 7.14. The summed E-state index contributed by atoms with van der Waals surface area (Å²) in [6.07, 6.45) is 2.23. The topological polar surface area (TPSA) is 66.9 Å². The summed E-state index contributed by atoms with van der Waals surface area (Å²) >= 11 is 8.70. The van der Waals surface area contributed by atoms with E-state index in [1.165, 1.54) is 23.1 Å². The zero-order chi connectivity index (χ0) is 16.7. The minimum absolute atomic E-state index is 0.0759. The smallest absolute Gasteiger partial charge is 0.237 e. The lowest BCUT2D eigenvalue weighted by molar-refractivity contribution is -0.115. The molecule has 0 aliphatic carbocycles. The molecule has 1 aromatic heterocycles. The zero-order valence-electron chi connectivity index (χ0n) is 13.0. The molecule has 0 aliphatic heterocycles. The minimum atomic E-state index is -0.262. The van der Waals surface area contributed by atoms with Crippen molar-refractivity contribution >= 4 is 51.4 Å². The maximum absolute atomic E-state index is 12.2. The van der Waals surface area contributed by atoms with Crippen LogP contribution in [-0.4, -0.2) is 27.9 Å². The van der Waals surface area contributed by atoms with E-state index in [-0.39, 0.29) is 11.2 Å².